The number of hydrogen-bond donors (Lipinski definition) is 0. The van der Waals surface area contributed by atoms with Crippen LogP contribution in [-0.2, 0) is 0 Å². The first-order chi connectivity index (χ1) is 11.0. The highest BCUT2D eigenvalue weighted by Crippen LogP contribution is 2.25. The van der Waals surface area contributed by atoms with Gasteiger partial charge in [0.05, 0.1) is 17.6 Å². The summed E-state index contributed by atoms with van der Waals surface area (Å²) >= 11 is 0. The van der Waals surface area contributed by atoms with Gasteiger partial charge < -0.3 is 4.42 Å². The number of tetrazole rings is 1. The number of amides is 1. The smallest absolute Gasteiger partial charge is 0.377 e. The number of carbonyl (C=O) groups excluding carboxylic acids is 1. The van der Waals surface area contributed by atoms with Crippen LogP contribution >= 0.6 is 0 Å². The number of aromatic nitrogens is 4. The average molecular weight is 313 g/mol. The van der Waals surface area contributed by atoms with Gasteiger partial charge in [-0.05, 0) is 36.4 Å². The van der Waals surface area contributed by atoms with Crippen LogP contribution in [-0.4, -0.2) is 32.9 Å². The number of anilines is 1. The minimum atomic E-state index is -0.633. The van der Waals surface area contributed by atoms with Gasteiger partial charge in [-0.1, -0.05) is 18.2 Å². The Balaban J connectivity index is 1.99. The van der Waals surface area contributed by atoms with Gasteiger partial charge >= 0.3 is 11.7 Å². The normalized spacial score (nSPS) is 10.7. The molecule has 0 saturated carbocycles. The maximum Gasteiger partial charge on any atom is 0.377 e. The van der Waals surface area contributed by atoms with E-state index in [2.05, 4.69) is 10.4 Å². The highest BCUT2D eigenvalue weighted by atomic mass is 16.3. The summed E-state index contributed by atoms with van der Waals surface area (Å²) in [6.45, 7) is 3.56. The molecular formula is C15H15N5O3. The lowest BCUT2D eigenvalue weighted by molar-refractivity contribution is 0.245. The number of furan rings is 1. The molecule has 3 aromatic rings. The van der Waals surface area contributed by atoms with Crippen molar-refractivity contribution in [1.82, 2.24) is 19.8 Å². The van der Waals surface area contributed by atoms with Crippen LogP contribution in [0.2, 0.25) is 0 Å². The lowest BCUT2D eigenvalue weighted by Crippen LogP contribution is -2.39. The standard InChI is InChI=1S/C15H15N5O3/c1-10-9-23-11(2)13(10)18(3)14(21)20-15(22)19(16-17-20)12-7-5-4-6-8-12/h4-9H,1-3H3. The molecule has 8 heteroatoms. The number of hydrogen-bond acceptors (Lipinski definition) is 5. The number of carbonyl (C=O) groups is 1. The van der Waals surface area contributed by atoms with Crippen molar-refractivity contribution < 1.29 is 9.21 Å². The molecule has 0 radical (unpaired) electrons. The van der Waals surface area contributed by atoms with Crippen molar-refractivity contribution in [3.8, 4) is 5.69 Å². The Kier molecular flexibility index (Phi) is 3.57. The van der Waals surface area contributed by atoms with E-state index in [9.17, 15) is 9.59 Å². The summed E-state index contributed by atoms with van der Waals surface area (Å²) in [6.07, 6.45) is 1.55. The topological polar surface area (TPSA) is 86.2 Å². The first-order valence-electron chi connectivity index (χ1n) is 6.94. The SMILES string of the molecule is Cc1coc(C)c1N(C)C(=O)n1nnn(-c2ccccc2)c1=O. The summed E-state index contributed by atoms with van der Waals surface area (Å²) in [6, 6.07) is 8.17. The molecule has 8 nitrogen and oxygen atoms in total. The van der Waals surface area contributed by atoms with Crippen LogP contribution in [0.3, 0.4) is 0 Å². The predicted molar refractivity (Wildman–Crippen MR) is 83.0 cm³/mol. The average Bonchev–Trinajstić information content (AvgIpc) is 3.09. The zero-order valence-corrected chi connectivity index (χ0v) is 12.9. The highest BCUT2D eigenvalue weighted by Gasteiger charge is 2.23. The van der Waals surface area contributed by atoms with Crippen molar-refractivity contribution in [2.75, 3.05) is 11.9 Å². The minimum absolute atomic E-state index is 0.537. The molecule has 0 fully saturated rings. The Labute approximate surface area is 131 Å². The molecule has 2 aromatic heterocycles. The van der Waals surface area contributed by atoms with E-state index >= 15 is 0 Å². The predicted octanol–water partition coefficient (Wildman–Crippen LogP) is 1.74. The largest absolute Gasteiger partial charge is 0.467 e. The third-order valence-corrected chi connectivity index (χ3v) is 3.51. The van der Waals surface area contributed by atoms with E-state index in [0.29, 0.717) is 17.1 Å². The summed E-state index contributed by atoms with van der Waals surface area (Å²) in [4.78, 5) is 26.2. The summed E-state index contributed by atoms with van der Waals surface area (Å²) in [7, 11) is 1.56. The molecule has 0 aliphatic carbocycles. The van der Waals surface area contributed by atoms with Gasteiger partial charge in [0.15, 0.2) is 0 Å². The number of para-hydroxylation sites is 1. The zero-order chi connectivity index (χ0) is 16.6. The molecule has 0 aliphatic heterocycles. The van der Waals surface area contributed by atoms with Crippen molar-refractivity contribution >= 4 is 11.7 Å². The number of aryl methyl sites for hydroxylation is 2. The van der Waals surface area contributed by atoms with Crippen LogP contribution in [0.15, 0.2) is 45.8 Å². The van der Waals surface area contributed by atoms with Crippen LogP contribution in [0.25, 0.3) is 5.69 Å². The molecule has 23 heavy (non-hydrogen) atoms. The molecule has 0 atom stereocenters. The molecule has 3 rings (SSSR count). The van der Waals surface area contributed by atoms with Crippen molar-refractivity contribution in [3.63, 3.8) is 0 Å². The van der Waals surface area contributed by atoms with Crippen molar-refractivity contribution in [2.45, 2.75) is 13.8 Å². The highest BCUT2D eigenvalue weighted by molar-refractivity contribution is 5.93. The second-order valence-electron chi connectivity index (χ2n) is 5.09. The fourth-order valence-electron chi connectivity index (χ4n) is 2.40. The minimum Gasteiger partial charge on any atom is -0.467 e. The fraction of sp³-hybridized carbons (Fsp3) is 0.200. The molecule has 0 N–H and O–H groups in total. The van der Waals surface area contributed by atoms with Crippen LogP contribution in [0, 0.1) is 13.8 Å². The molecule has 1 aromatic carbocycles. The first kappa shape index (κ1) is 14.8. The van der Waals surface area contributed by atoms with E-state index in [0.717, 1.165) is 14.9 Å². The second-order valence-corrected chi connectivity index (χ2v) is 5.09. The lowest BCUT2D eigenvalue weighted by atomic mass is 10.2. The Morgan fingerprint density at radius 2 is 1.87 bits per heavy atom. The van der Waals surface area contributed by atoms with Crippen LogP contribution in [0.5, 0.6) is 0 Å². The van der Waals surface area contributed by atoms with Gasteiger partial charge in [0.2, 0.25) is 0 Å². The lowest BCUT2D eigenvalue weighted by Gasteiger charge is -2.15. The molecule has 0 aliphatic rings. The van der Waals surface area contributed by atoms with Crippen molar-refractivity contribution in [2.24, 2.45) is 0 Å². The van der Waals surface area contributed by atoms with Crippen molar-refractivity contribution in [1.29, 1.82) is 0 Å². The first-order valence-corrected chi connectivity index (χ1v) is 6.94. The van der Waals surface area contributed by atoms with E-state index in [1.165, 1.54) is 4.90 Å². The molecule has 0 spiro atoms. The van der Waals surface area contributed by atoms with E-state index in [1.54, 1.807) is 44.5 Å². The quantitative estimate of drug-likeness (QED) is 0.673. The molecule has 0 bridgehead atoms. The number of benzene rings is 1. The van der Waals surface area contributed by atoms with Gasteiger partial charge in [-0.25, -0.2) is 9.59 Å². The third kappa shape index (κ3) is 2.44. The van der Waals surface area contributed by atoms with E-state index in [4.69, 9.17) is 4.42 Å². The molecular weight excluding hydrogens is 298 g/mol. The van der Waals surface area contributed by atoms with Crippen LogP contribution in [0.1, 0.15) is 11.3 Å². The van der Waals surface area contributed by atoms with E-state index in [1.807, 2.05) is 13.0 Å². The fourth-order valence-corrected chi connectivity index (χ4v) is 2.40. The maximum absolute atomic E-state index is 12.5. The Hall–Kier alpha value is -3.16. The number of nitrogens with zero attached hydrogens (tertiary/aromatic N) is 5. The molecule has 0 unspecified atom stereocenters. The van der Waals surface area contributed by atoms with Gasteiger partial charge in [-0.3, -0.25) is 4.90 Å². The van der Waals surface area contributed by atoms with Gasteiger partial charge in [0, 0.05) is 12.6 Å². The second kappa shape index (κ2) is 5.56. The summed E-state index contributed by atoms with van der Waals surface area (Å²) < 4.78 is 7.08. The van der Waals surface area contributed by atoms with Gasteiger partial charge in [-0.15, -0.1) is 4.68 Å². The molecule has 1 amide bonds. The van der Waals surface area contributed by atoms with Crippen LogP contribution < -0.4 is 10.6 Å². The Bertz CT molecular complexity index is 887. The summed E-state index contributed by atoms with van der Waals surface area (Å²) in [5.74, 6) is 0.585. The third-order valence-electron chi connectivity index (χ3n) is 3.51. The summed E-state index contributed by atoms with van der Waals surface area (Å²) in [5.41, 5.74) is 1.31. The number of rotatable bonds is 2. The maximum atomic E-state index is 12.5. The molecule has 0 saturated heterocycles. The van der Waals surface area contributed by atoms with Gasteiger partial charge in [0.1, 0.15) is 5.76 Å². The van der Waals surface area contributed by atoms with Crippen molar-refractivity contribution in [3.05, 3.63) is 58.4 Å². The van der Waals surface area contributed by atoms with E-state index in [-0.39, 0.29) is 0 Å². The monoisotopic (exact) mass is 313 g/mol. The molecule has 118 valence electrons. The Morgan fingerprint density at radius 3 is 2.48 bits per heavy atom. The molecule has 2 heterocycles. The van der Waals surface area contributed by atoms with Gasteiger partial charge in [-0.2, -0.15) is 4.68 Å². The summed E-state index contributed by atoms with van der Waals surface area (Å²) in [5, 5.41) is 7.44. The van der Waals surface area contributed by atoms with Crippen LogP contribution in [0.4, 0.5) is 10.5 Å². The Morgan fingerprint density at radius 1 is 1.17 bits per heavy atom. The van der Waals surface area contributed by atoms with E-state index < -0.39 is 11.7 Å². The zero-order valence-electron chi connectivity index (χ0n) is 12.9. The van der Waals surface area contributed by atoms with Gasteiger partial charge in [0.25, 0.3) is 0 Å².